The first kappa shape index (κ1) is 19.3. The Morgan fingerprint density at radius 2 is 1.67 bits per heavy atom. The van der Waals surface area contributed by atoms with Crippen molar-refractivity contribution in [2.24, 2.45) is 0 Å². The number of benzene rings is 2. The maximum Gasteiger partial charge on any atom is 0.289 e. The molecule has 138 valence electrons. The molecule has 1 aromatic heterocycles. The molecule has 0 spiro atoms. The first-order valence-corrected chi connectivity index (χ1v) is 9.74. The highest BCUT2D eigenvalue weighted by atomic mass is 79.9. The summed E-state index contributed by atoms with van der Waals surface area (Å²) in [6.45, 7) is -0.0606. The van der Waals surface area contributed by atoms with Gasteiger partial charge < -0.3 is 14.6 Å². The zero-order chi connectivity index (χ0) is 19.2. The quantitative estimate of drug-likeness (QED) is 0.586. The van der Waals surface area contributed by atoms with E-state index in [2.05, 4.69) is 21.2 Å². The number of hydrogen-bond donors (Lipinski definition) is 1. The van der Waals surface area contributed by atoms with Gasteiger partial charge in [0.15, 0.2) is 5.76 Å². The van der Waals surface area contributed by atoms with Crippen molar-refractivity contribution in [3.8, 4) is 0 Å². The summed E-state index contributed by atoms with van der Waals surface area (Å²) in [5.41, 5.74) is 0.680. The number of likely N-dealkylation sites (N-methyl/N-ethyl adjacent to an activating group) is 1. The zero-order valence-corrected chi connectivity index (χ0v) is 16.9. The summed E-state index contributed by atoms with van der Waals surface area (Å²) in [6.07, 6.45) is 1.43. The Bertz CT molecular complexity index is 909. The summed E-state index contributed by atoms with van der Waals surface area (Å²) in [4.78, 5) is 27.8. The molecule has 0 aliphatic rings. The maximum atomic E-state index is 12.2. The second-order valence-electron chi connectivity index (χ2n) is 5.77. The zero-order valence-electron chi connectivity index (χ0n) is 14.5. The van der Waals surface area contributed by atoms with Gasteiger partial charge in [-0.25, -0.2) is 0 Å². The monoisotopic (exact) mass is 444 g/mol. The van der Waals surface area contributed by atoms with E-state index in [1.54, 1.807) is 30.9 Å². The molecule has 3 rings (SSSR count). The number of amides is 2. The summed E-state index contributed by atoms with van der Waals surface area (Å²) in [7, 11) is 1.56. The van der Waals surface area contributed by atoms with Crippen molar-refractivity contribution in [1.82, 2.24) is 4.90 Å². The van der Waals surface area contributed by atoms with Gasteiger partial charge in [-0.15, -0.1) is 0 Å². The summed E-state index contributed by atoms with van der Waals surface area (Å²) in [5, 5.41) is 2.79. The van der Waals surface area contributed by atoms with Gasteiger partial charge >= 0.3 is 0 Å². The van der Waals surface area contributed by atoms with E-state index < -0.39 is 0 Å². The highest BCUT2D eigenvalue weighted by Crippen LogP contribution is 2.29. The van der Waals surface area contributed by atoms with Crippen LogP contribution in [0.3, 0.4) is 0 Å². The fraction of sp³-hybridized carbons (Fsp3) is 0.100. The molecule has 0 bridgehead atoms. The molecule has 0 fully saturated rings. The van der Waals surface area contributed by atoms with Gasteiger partial charge in [-0.1, -0.05) is 27.7 Å². The second-order valence-corrected chi connectivity index (χ2v) is 7.83. The topological polar surface area (TPSA) is 62.6 Å². The number of anilines is 1. The minimum absolute atomic E-state index is 0.0606. The third-order valence-electron chi connectivity index (χ3n) is 3.65. The Balaban J connectivity index is 1.53. The maximum absolute atomic E-state index is 12.2. The highest BCUT2D eigenvalue weighted by Gasteiger charge is 2.17. The molecular formula is C20H17BrN2O3S. The van der Waals surface area contributed by atoms with Crippen LogP contribution >= 0.6 is 27.7 Å². The molecule has 1 heterocycles. The van der Waals surface area contributed by atoms with Crippen LogP contribution in [0.25, 0.3) is 0 Å². The van der Waals surface area contributed by atoms with E-state index in [1.165, 1.54) is 11.2 Å². The Morgan fingerprint density at radius 1 is 1.04 bits per heavy atom. The first-order valence-electron chi connectivity index (χ1n) is 8.13. The Morgan fingerprint density at radius 3 is 2.26 bits per heavy atom. The molecule has 1 N–H and O–H groups in total. The van der Waals surface area contributed by atoms with Gasteiger partial charge in [0.05, 0.1) is 12.8 Å². The molecule has 2 aromatic carbocycles. The van der Waals surface area contributed by atoms with Crippen LogP contribution < -0.4 is 5.32 Å². The van der Waals surface area contributed by atoms with Gasteiger partial charge in [-0.2, -0.15) is 0 Å². The molecule has 5 nitrogen and oxygen atoms in total. The number of rotatable bonds is 6. The number of nitrogens with zero attached hydrogens (tertiary/aromatic N) is 1. The van der Waals surface area contributed by atoms with E-state index >= 15 is 0 Å². The Labute approximate surface area is 169 Å². The lowest BCUT2D eigenvalue weighted by Gasteiger charge is -2.15. The van der Waals surface area contributed by atoms with Crippen molar-refractivity contribution in [2.45, 2.75) is 9.79 Å². The number of furan rings is 1. The Hall–Kier alpha value is -2.51. The van der Waals surface area contributed by atoms with E-state index in [1.807, 2.05) is 48.5 Å². The van der Waals surface area contributed by atoms with Crippen LogP contribution in [0, 0.1) is 0 Å². The third kappa shape index (κ3) is 5.48. The number of hydrogen-bond acceptors (Lipinski definition) is 4. The van der Waals surface area contributed by atoms with Crippen molar-refractivity contribution >= 4 is 45.2 Å². The standard InChI is InChI=1S/C20H17BrN2O3S/c1-23(20(25)18-3-2-12-26-18)13-19(24)22-15-6-10-17(11-7-15)27-16-8-4-14(21)5-9-16/h2-12H,13H2,1H3,(H,22,24). The number of halogens is 1. The van der Waals surface area contributed by atoms with E-state index in [0.717, 1.165) is 14.3 Å². The highest BCUT2D eigenvalue weighted by molar-refractivity contribution is 9.10. The van der Waals surface area contributed by atoms with Crippen LogP contribution in [0.5, 0.6) is 0 Å². The van der Waals surface area contributed by atoms with Crippen LogP contribution in [-0.2, 0) is 4.79 Å². The first-order chi connectivity index (χ1) is 13.0. The molecule has 0 atom stereocenters. The van der Waals surface area contributed by atoms with Crippen LogP contribution in [0.4, 0.5) is 5.69 Å². The molecule has 2 amide bonds. The summed E-state index contributed by atoms with van der Waals surface area (Å²) in [5.74, 6) is -0.401. The van der Waals surface area contributed by atoms with Gasteiger partial charge in [-0.05, 0) is 60.7 Å². The SMILES string of the molecule is CN(CC(=O)Nc1ccc(Sc2ccc(Br)cc2)cc1)C(=O)c1ccco1. The largest absolute Gasteiger partial charge is 0.459 e. The smallest absolute Gasteiger partial charge is 0.289 e. The van der Waals surface area contributed by atoms with Crippen LogP contribution in [-0.4, -0.2) is 30.3 Å². The predicted molar refractivity (Wildman–Crippen MR) is 109 cm³/mol. The Kier molecular flexibility index (Phi) is 6.36. The van der Waals surface area contributed by atoms with Crippen molar-refractivity contribution in [2.75, 3.05) is 18.9 Å². The predicted octanol–water partition coefficient (Wildman–Crippen LogP) is 4.90. The van der Waals surface area contributed by atoms with E-state index in [9.17, 15) is 9.59 Å². The normalized spacial score (nSPS) is 10.4. The van der Waals surface area contributed by atoms with Crippen molar-refractivity contribution in [1.29, 1.82) is 0 Å². The van der Waals surface area contributed by atoms with Gasteiger partial charge in [-0.3, -0.25) is 9.59 Å². The molecule has 0 saturated heterocycles. The number of nitrogens with one attached hydrogen (secondary N) is 1. The molecule has 0 aliphatic heterocycles. The van der Waals surface area contributed by atoms with Crippen LogP contribution in [0.15, 0.2) is 85.6 Å². The third-order valence-corrected chi connectivity index (χ3v) is 5.19. The minimum atomic E-state index is -0.337. The lowest BCUT2D eigenvalue weighted by Crippen LogP contribution is -2.34. The number of carbonyl (C=O) groups excluding carboxylic acids is 2. The molecule has 0 unspecified atom stereocenters. The molecule has 27 heavy (non-hydrogen) atoms. The second kappa shape index (κ2) is 8.92. The van der Waals surface area contributed by atoms with E-state index in [-0.39, 0.29) is 24.1 Å². The fourth-order valence-electron chi connectivity index (χ4n) is 2.32. The lowest BCUT2D eigenvalue weighted by molar-refractivity contribution is -0.116. The molecular weight excluding hydrogens is 428 g/mol. The van der Waals surface area contributed by atoms with Crippen molar-refractivity contribution in [3.05, 3.63) is 77.2 Å². The minimum Gasteiger partial charge on any atom is -0.459 e. The van der Waals surface area contributed by atoms with E-state index in [4.69, 9.17) is 4.42 Å². The molecule has 0 radical (unpaired) electrons. The van der Waals surface area contributed by atoms with Gasteiger partial charge in [0.25, 0.3) is 5.91 Å². The molecule has 7 heteroatoms. The van der Waals surface area contributed by atoms with Crippen LogP contribution in [0.1, 0.15) is 10.6 Å². The average Bonchev–Trinajstić information content (AvgIpc) is 3.19. The van der Waals surface area contributed by atoms with E-state index in [0.29, 0.717) is 5.69 Å². The lowest BCUT2D eigenvalue weighted by atomic mass is 10.3. The molecule has 0 saturated carbocycles. The van der Waals surface area contributed by atoms with Crippen molar-refractivity contribution < 1.29 is 14.0 Å². The summed E-state index contributed by atoms with van der Waals surface area (Å²) < 4.78 is 6.10. The van der Waals surface area contributed by atoms with Gasteiger partial charge in [0, 0.05) is 27.0 Å². The number of carbonyl (C=O) groups is 2. The van der Waals surface area contributed by atoms with Gasteiger partial charge in [0.1, 0.15) is 0 Å². The molecule has 3 aromatic rings. The van der Waals surface area contributed by atoms with Crippen LogP contribution in [0.2, 0.25) is 0 Å². The molecule has 0 aliphatic carbocycles. The summed E-state index contributed by atoms with van der Waals surface area (Å²) >= 11 is 5.06. The van der Waals surface area contributed by atoms with Gasteiger partial charge in [0.2, 0.25) is 5.91 Å². The summed E-state index contributed by atoms with van der Waals surface area (Å²) in [6, 6.07) is 18.8. The fourth-order valence-corrected chi connectivity index (χ4v) is 3.40. The average molecular weight is 445 g/mol. The van der Waals surface area contributed by atoms with Crippen molar-refractivity contribution in [3.63, 3.8) is 0 Å².